The van der Waals surface area contributed by atoms with Crippen LogP contribution in [-0.2, 0) is 6.18 Å². The van der Waals surface area contributed by atoms with Crippen molar-refractivity contribution in [1.29, 1.82) is 0 Å². The molecule has 1 aliphatic carbocycles. The SMILES string of the molecule is Nc1nc(NC2CC(F)(F)C2)nc(-c2nc(C(F)(F)F)cs2)n1. The highest BCUT2D eigenvalue weighted by Crippen LogP contribution is 2.39. The van der Waals surface area contributed by atoms with Gasteiger partial charge in [0.1, 0.15) is 0 Å². The summed E-state index contributed by atoms with van der Waals surface area (Å²) in [4.78, 5) is 14.8. The van der Waals surface area contributed by atoms with Gasteiger partial charge in [0.05, 0.1) is 0 Å². The highest BCUT2D eigenvalue weighted by atomic mass is 32.1. The van der Waals surface area contributed by atoms with Crippen LogP contribution in [0.2, 0.25) is 0 Å². The van der Waals surface area contributed by atoms with E-state index in [0.29, 0.717) is 11.3 Å². The monoisotopic (exact) mass is 352 g/mol. The van der Waals surface area contributed by atoms with Gasteiger partial charge in [0.15, 0.2) is 16.5 Å². The summed E-state index contributed by atoms with van der Waals surface area (Å²) in [7, 11) is 0. The van der Waals surface area contributed by atoms with Crippen LogP contribution in [0.25, 0.3) is 10.8 Å². The number of anilines is 2. The predicted molar refractivity (Wildman–Crippen MR) is 71.9 cm³/mol. The molecule has 6 nitrogen and oxygen atoms in total. The molecule has 23 heavy (non-hydrogen) atoms. The minimum atomic E-state index is -4.58. The first-order chi connectivity index (χ1) is 10.6. The number of alkyl halides is 5. The van der Waals surface area contributed by atoms with Gasteiger partial charge in [-0.15, -0.1) is 11.3 Å². The molecule has 0 spiro atoms. The maximum atomic E-state index is 12.8. The lowest BCUT2D eigenvalue weighted by atomic mass is 9.88. The Morgan fingerprint density at radius 1 is 1.17 bits per heavy atom. The molecule has 3 N–H and O–H groups in total. The number of nitrogens with one attached hydrogen (secondary N) is 1. The number of hydrogen-bond donors (Lipinski definition) is 2. The molecule has 2 aromatic rings. The van der Waals surface area contributed by atoms with Crippen LogP contribution < -0.4 is 11.1 Å². The molecule has 2 aromatic heterocycles. The molecule has 12 heteroatoms. The van der Waals surface area contributed by atoms with Crippen LogP contribution in [0.15, 0.2) is 5.38 Å². The second kappa shape index (κ2) is 5.22. The summed E-state index contributed by atoms with van der Waals surface area (Å²) in [6.07, 6.45) is -5.32. The first-order valence-corrected chi connectivity index (χ1v) is 7.19. The largest absolute Gasteiger partial charge is 0.434 e. The molecule has 0 radical (unpaired) electrons. The van der Waals surface area contributed by atoms with E-state index in [4.69, 9.17) is 5.73 Å². The second-order valence-electron chi connectivity index (χ2n) is 4.98. The second-order valence-corrected chi connectivity index (χ2v) is 5.84. The van der Waals surface area contributed by atoms with Crippen molar-refractivity contribution in [2.45, 2.75) is 31.0 Å². The average Bonchev–Trinajstić information content (AvgIpc) is 2.85. The Kier molecular flexibility index (Phi) is 3.58. The third kappa shape index (κ3) is 3.46. The Morgan fingerprint density at radius 2 is 1.87 bits per heavy atom. The van der Waals surface area contributed by atoms with Gasteiger partial charge >= 0.3 is 6.18 Å². The normalized spacial score (nSPS) is 17.8. The third-order valence-electron chi connectivity index (χ3n) is 3.06. The van der Waals surface area contributed by atoms with Crippen LogP contribution in [0.3, 0.4) is 0 Å². The highest BCUT2D eigenvalue weighted by Gasteiger charge is 2.45. The van der Waals surface area contributed by atoms with E-state index in [9.17, 15) is 22.0 Å². The van der Waals surface area contributed by atoms with Crippen molar-refractivity contribution in [3.05, 3.63) is 11.1 Å². The summed E-state index contributed by atoms with van der Waals surface area (Å²) in [5, 5.41) is 3.39. The molecule has 1 aliphatic rings. The van der Waals surface area contributed by atoms with Gasteiger partial charge in [0, 0.05) is 24.3 Å². The fraction of sp³-hybridized carbons (Fsp3) is 0.455. The van der Waals surface area contributed by atoms with E-state index >= 15 is 0 Å². The zero-order valence-corrected chi connectivity index (χ0v) is 12.0. The zero-order valence-electron chi connectivity index (χ0n) is 11.2. The molecule has 0 aliphatic heterocycles. The number of hydrogen-bond acceptors (Lipinski definition) is 7. The van der Waals surface area contributed by atoms with E-state index < -0.39 is 23.8 Å². The van der Waals surface area contributed by atoms with Gasteiger partial charge in [-0.3, -0.25) is 0 Å². The molecule has 1 saturated carbocycles. The van der Waals surface area contributed by atoms with Gasteiger partial charge in [-0.2, -0.15) is 28.1 Å². The lowest BCUT2D eigenvalue weighted by Gasteiger charge is -2.35. The maximum Gasteiger partial charge on any atom is 0.434 e. The number of nitrogens with zero attached hydrogens (tertiary/aromatic N) is 4. The summed E-state index contributed by atoms with van der Waals surface area (Å²) in [5.41, 5.74) is 4.42. The summed E-state index contributed by atoms with van der Waals surface area (Å²) >= 11 is 0.698. The van der Waals surface area contributed by atoms with Crippen molar-refractivity contribution < 1.29 is 22.0 Å². The molecule has 0 amide bonds. The van der Waals surface area contributed by atoms with Crippen molar-refractivity contribution in [3.8, 4) is 10.8 Å². The van der Waals surface area contributed by atoms with Gasteiger partial charge in [0.2, 0.25) is 11.9 Å². The van der Waals surface area contributed by atoms with E-state index in [0.717, 1.165) is 5.38 Å². The molecule has 0 bridgehead atoms. The summed E-state index contributed by atoms with van der Waals surface area (Å²) in [6, 6.07) is -0.526. The van der Waals surface area contributed by atoms with Crippen LogP contribution in [0, 0.1) is 0 Å². The van der Waals surface area contributed by atoms with Crippen LogP contribution in [-0.4, -0.2) is 31.9 Å². The van der Waals surface area contributed by atoms with Crippen LogP contribution in [0.4, 0.5) is 33.8 Å². The van der Waals surface area contributed by atoms with Crippen molar-refractivity contribution in [2.75, 3.05) is 11.1 Å². The maximum absolute atomic E-state index is 12.8. The van der Waals surface area contributed by atoms with Crippen molar-refractivity contribution in [2.24, 2.45) is 0 Å². The summed E-state index contributed by atoms with van der Waals surface area (Å²) < 4.78 is 63.3. The lowest BCUT2D eigenvalue weighted by molar-refractivity contribution is -0.140. The third-order valence-corrected chi connectivity index (χ3v) is 3.90. The smallest absolute Gasteiger partial charge is 0.368 e. The van der Waals surface area contributed by atoms with Crippen LogP contribution >= 0.6 is 11.3 Å². The Labute approximate surface area is 130 Å². The topological polar surface area (TPSA) is 89.6 Å². The van der Waals surface area contributed by atoms with E-state index in [1.54, 1.807) is 0 Å². The minimum Gasteiger partial charge on any atom is -0.368 e. The molecule has 1 fully saturated rings. The number of nitrogens with two attached hydrogens (primary N) is 1. The number of nitrogen functional groups attached to an aromatic ring is 1. The fourth-order valence-electron chi connectivity index (χ4n) is 2.00. The molecule has 3 rings (SSSR count). The van der Waals surface area contributed by atoms with Gasteiger partial charge in [-0.1, -0.05) is 0 Å². The number of thiazole rings is 1. The summed E-state index contributed by atoms with van der Waals surface area (Å²) in [5.74, 6) is -3.19. The molecule has 124 valence electrons. The quantitative estimate of drug-likeness (QED) is 0.826. The minimum absolute atomic E-state index is 0.0724. The number of halogens is 5. The number of rotatable bonds is 3. The molecule has 0 atom stereocenters. The van der Waals surface area contributed by atoms with Crippen molar-refractivity contribution in [3.63, 3.8) is 0 Å². The Bertz CT molecular complexity index is 722. The van der Waals surface area contributed by atoms with Gasteiger partial charge in [-0.25, -0.2) is 13.8 Å². The van der Waals surface area contributed by atoms with E-state index in [2.05, 4.69) is 25.3 Å². The molecule has 0 unspecified atom stereocenters. The van der Waals surface area contributed by atoms with Gasteiger partial charge < -0.3 is 11.1 Å². The zero-order chi connectivity index (χ0) is 16.8. The lowest BCUT2D eigenvalue weighted by Crippen LogP contribution is -2.44. The fourth-order valence-corrected chi connectivity index (χ4v) is 2.76. The van der Waals surface area contributed by atoms with E-state index in [-0.39, 0.29) is 35.6 Å². The van der Waals surface area contributed by atoms with Crippen molar-refractivity contribution >= 4 is 23.2 Å². The summed E-state index contributed by atoms with van der Waals surface area (Å²) in [6.45, 7) is 0. The molecular weight excluding hydrogens is 343 g/mol. The highest BCUT2D eigenvalue weighted by molar-refractivity contribution is 7.13. The van der Waals surface area contributed by atoms with Crippen molar-refractivity contribution in [1.82, 2.24) is 19.9 Å². The Hall–Kier alpha value is -2.11. The first-order valence-electron chi connectivity index (χ1n) is 6.31. The first kappa shape index (κ1) is 15.8. The number of aromatic nitrogens is 4. The molecule has 0 saturated heterocycles. The van der Waals surface area contributed by atoms with Gasteiger partial charge in [0.25, 0.3) is 5.92 Å². The standard InChI is InChI=1S/C11H9F5N6S/c12-10(13)1-4(2-10)18-9-21-6(20-8(17)22-9)7-19-5(3-23-7)11(14,15)16/h3-4H,1-2H2,(H3,17,18,20,21,22). The predicted octanol–water partition coefficient (Wildman–Crippen LogP) is 2.81. The van der Waals surface area contributed by atoms with E-state index in [1.807, 2.05) is 0 Å². The van der Waals surface area contributed by atoms with E-state index in [1.165, 1.54) is 0 Å². The Balaban J connectivity index is 1.82. The van der Waals surface area contributed by atoms with Crippen LogP contribution in [0.5, 0.6) is 0 Å². The molecule has 0 aromatic carbocycles. The average molecular weight is 352 g/mol. The molecule has 2 heterocycles. The Morgan fingerprint density at radius 3 is 2.43 bits per heavy atom. The van der Waals surface area contributed by atoms with Crippen LogP contribution in [0.1, 0.15) is 18.5 Å². The molecular formula is C11H9F5N6S. The van der Waals surface area contributed by atoms with Gasteiger partial charge in [-0.05, 0) is 0 Å².